The van der Waals surface area contributed by atoms with Crippen molar-refractivity contribution in [3.63, 3.8) is 0 Å². The molecule has 1 rings (SSSR count). The molecule has 8 atom stereocenters. The Labute approximate surface area is 474 Å². The maximum absolute atomic E-state index is 13.4. The maximum atomic E-state index is 13.4. The fourth-order valence-corrected chi connectivity index (χ4v) is 8.78. The Morgan fingerprint density at radius 3 is 1.38 bits per heavy atom. The number of carbonyl (C=O) groups is 2. The number of hydrogen-bond donors (Lipinski definition) is 6. The van der Waals surface area contributed by atoms with Gasteiger partial charge in [0.1, 0.15) is 24.4 Å². The molecule has 1 fully saturated rings. The van der Waals surface area contributed by atoms with Crippen molar-refractivity contribution >= 4 is 11.9 Å². The number of amides is 1. The second-order valence-electron chi connectivity index (χ2n) is 20.7. The van der Waals surface area contributed by atoms with Crippen molar-refractivity contribution in [2.24, 2.45) is 0 Å². The predicted octanol–water partition coefficient (Wildman–Crippen LogP) is 14.7. The van der Waals surface area contributed by atoms with Crippen molar-refractivity contribution in [3.05, 3.63) is 122 Å². The average molecular weight is 1090 g/mol. The Kier molecular flexibility index (Phi) is 49.6. The Balaban J connectivity index is 2.70. The van der Waals surface area contributed by atoms with Crippen LogP contribution in [0.25, 0.3) is 0 Å². The number of rotatable bonds is 50. The largest absolute Gasteiger partial charge is 0.454 e. The summed E-state index contributed by atoms with van der Waals surface area (Å²) in [5.74, 6) is -1.25. The highest BCUT2D eigenvalue weighted by molar-refractivity contribution is 5.80. The third kappa shape index (κ3) is 41.1. The van der Waals surface area contributed by atoms with Crippen LogP contribution in [0.1, 0.15) is 226 Å². The number of unbranched alkanes of at least 4 members (excludes halogenated alkanes) is 18. The SMILES string of the molecule is CC/C=C\C/C=C\C/C=C\C/C=C\C/C=C\C/C=C\CCCCCCC(=O)OC1C(OCC(NC(=O)C(O)CCCCC/C=C/C/C=C/C/C=C/CC)C(O)/C=C/CCCCCCCCCCCCC)OC(CO)C(O)C1O. The van der Waals surface area contributed by atoms with E-state index in [0.717, 1.165) is 128 Å². The molecule has 1 aliphatic heterocycles. The van der Waals surface area contributed by atoms with Crippen molar-refractivity contribution < 1.29 is 49.3 Å². The molecular formula is C67H111NO10. The molecule has 0 aliphatic carbocycles. The fourth-order valence-electron chi connectivity index (χ4n) is 8.78. The van der Waals surface area contributed by atoms with E-state index >= 15 is 0 Å². The number of ether oxygens (including phenoxy) is 3. The van der Waals surface area contributed by atoms with Gasteiger partial charge in [-0.25, -0.2) is 0 Å². The molecule has 1 amide bonds. The van der Waals surface area contributed by atoms with Crippen LogP contribution in [0.2, 0.25) is 0 Å². The number of aliphatic hydroxyl groups excluding tert-OH is 5. The normalized spacial score (nSPS) is 19.8. The molecule has 1 heterocycles. The molecule has 8 unspecified atom stereocenters. The summed E-state index contributed by atoms with van der Waals surface area (Å²) in [6.07, 6.45) is 63.8. The van der Waals surface area contributed by atoms with Gasteiger partial charge >= 0.3 is 5.97 Å². The van der Waals surface area contributed by atoms with E-state index in [9.17, 15) is 35.1 Å². The van der Waals surface area contributed by atoms with Gasteiger partial charge in [0.25, 0.3) is 0 Å². The van der Waals surface area contributed by atoms with Gasteiger partial charge in [0.2, 0.25) is 5.91 Å². The molecule has 0 radical (unpaired) electrons. The van der Waals surface area contributed by atoms with E-state index in [2.05, 4.69) is 135 Å². The monoisotopic (exact) mass is 1090 g/mol. The number of aliphatic hydroxyl groups is 5. The first-order valence-electron chi connectivity index (χ1n) is 30.8. The molecule has 0 spiro atoms. The van der Waals surface area contributed by atoms with E-state index < -0.39 is 67.4 Å². The van der Waals surface area contributed by atoms with Crippen LogP contribution in [-0.2, 0) is 23.8 Å². The van der Waals surface area contributed by atoms with Crippen LogP contribution in [0.4, 0.5) is 0 Å². The van der Waals surface area contributed by atoms with E-state index in [4.69, 9.17) is 14.2 Å². The highest BCUT2D eigenvalue weighted by atomic mass is 16.7. The lowest BCUT2D eigenvalue weighted by Crippen LogP contribution is -2.61. The second-order valence-corrected chi connectivity index (χ2v) is 20.7. The molecule has 0 bridgehead atoms. The van der Waals surface area contributed by atoms with Gasteiger partial charge in [-0.05, 0) is 109 Å². The minimum Gasteiger partial charge on any atom is -0.454 e. The van der Waals surface area contributed by atoms with Gasteiger partial charge in [0, 0.05) is 6.42 Å². The van der Waals surface area contributed by atoms with Crippen molar-refractivity contribution in [3.8, 4) is 0 Å². The van der Waals surface area contributed by atoms with Crippen molar-refractivity contribution in [2.75, 3.05) is 13.2 Å². The number of nitrogens with one attached hydrogen (secondary N) is 1. The van der Waals surface area contributed by atoms with Gasteiger partial charge in [0.05, 0.1) is 25.4 Å². The molecule has 0 aromatic carbocycles. The molecule has 11 heteroatoms. The van der Waals surface area contributed by atoms with Gasteiger partial charge in [-0.3, -0.25) is 9.59 Å². The molecule has 6 N–H and O–H groups in total. The molecule has 11 nitrogen and oxygen atoms in total. The molecular weight excluding hydrogens is 979 g/mol. The third-order valence-electron chi connectivity index (χ3n) is 13.6. The topological polar surface area (TPSA) is 175 Å². The second kappa shape index (κ2) is 53.7. The lowest BCUT2D eigenvalue weighted by Gasteiger charge is -2.41. The lowest BCUT2D eigenvalue weighted by atomic mass is 9.99. The Morgan fingerprint density at radius 1 is 0.513 bits per heavy atom. The van der Waals surface area contributed by atoms with Gasteiger partial charge in [-0.1, -0.05) is 232 Å². The van der Waals surface area contributed by atoms with E-state index in [0.29, 0.717) is 12.8 Å². The Hall–Kier alpha value is -3.94. The molecule has 444 valence electrons. The first kappa shape index (κ1) is 72.1. The Bertz CT molecular complexity index is 1730. The maximum Gasteiger partial charge on any atom is 0.306 e. The van der Waals surface area contributed by atoms with E-state index in [1.807, 2.05) is 6.08 Å². The van der Waals surface area contributed by atoms with Crippen LogP contribution in [-0.4, -0.2) is 99.6 Å². The van der Waals surface area contributed by atoms with Crippen LogP contribution in [0.3, 0.4) is 0 Å². The van der Waals surface area contributed by atoms with Crippen molar-refractivity contribution in [2.45, 2.75) is 275 Å². The van der Waals surface area contributed by atoms with Gasteiger partial charge in [-0.2, -0.15) is 0 Å². The van der Waals surface area contributed by atoms with Crippen LogP contribution in [0, 0.1) is 0 Å². The number of carbonyl (C=O) groups excluding carboxylic acids is 2. The zero-order valence-electron chi connectivity index (χ0n) is 49.0. The summed E-state index contributed by atoms with van der Waals surface area (Å²) < 4.78 is 17.6. The van der Waals surface area contributed by atoms with Crippen molar-refractivity contribution in [1.29, 1.82) is 0 Å². The molecule has 0 aromatic rings. The number of hydrogen-bond acceptors (Lipinski definition) is 10. The predicted molar refractivity (Wildman–Crippen MR) is 324 cm³/mol. The average Bonchev–Trinajstić information content (AvgIpc) is 3.44. The number of allylic oxidation sites excluding steroid dienone is 19. The van der Waals surface area contributed by atoms with Crippen molar-refractivity contribution in [1.82, 2.24) is 5.32 Å². The fraction of sp³-hybridized carbons (Fsp3) is 0.672. The molecule has 0 saturated carbocycles. The summed E-state index contributed by atoms with van der Waals surface area (Å²) in [5.41, 5.74) is 0. The smallest absolute Gasteiger partial charge is 0.306 e. The standard InChI is InChI=1S/C67H111NO10/c1-4-7-10-13-16-19-22-25-26-27-28-29-30-31-32-33-34-37-40-43-46-49-52-55-62(72)78-65-64(74)63(73)61(56-69)77-67(65)76-57-58(59(70)53-50-47-44-41-38-35-23-20-17-14-11-8-5-2)68-66(75)60(71)54-51-48-45-42-39-36-24-21-18-15-12-9-6-3/h7,9-10,12,16,18-19,21,25-26,28-29,31-32,34,36-37,39,50,53,58-61,63-65,67,69-71,73-74H,4-6,8,11,13-15,17,20,22-24,27,30,33,35,38,40-49,51-52,54-57H2,1-3H3,(H,68,75)/b10-7-,12-9+,19-16-,21-18+,26-25-,29-28-,32-31-,37-34-,39-36+,53-50+. The van der Waals surface area contributed by atoms with Crippen LogP contribution < -0.4 is 5.32 Å². The summed E-state index contributed by atoms with van der Waals surface area (Å²) in [6.45, 7) is 5.51. The lowest BCUT2D eigenvalue weighted by molar-refractivity contribution is -0.305. The van der Waals surface area contributed by atoms with Crippen LogP contribution >= 0.6 is 0 Å². The first-order chi connectivity index (χ1) is 38.2. The Morgan fingerprint density at radius 2 is 0.923 bits per heavy atom. The number of esters is 1. The minimum absolute atomic E-state index is 0.0836. The summed E-state index contributed by atoms with van der Waals surface area (Å²) in [6, 6.07) is -1.05. The van der Waals surface area contributed by atoms with Gasteiger partial charge in [0.15, 0.2) is 12.4 Å². The van der Waals surface area contributed by atoms with E-state index in [1.165, 1.54) is 51.4 Å². The zero-order valence-corrected chi connectivity index (χ0v) is 49.0. The summed E-state index contributed by atoms with van der Waals surface area (Å²) in [4.78, 5) is 26.5. The van der Waals surface area contributed by atoms with E-state index in [1.54, 1.807) is 6.08 Å². The molecule has 78 heavy (non-hydrogen) atoms. The summed E-state index contributed by atoms with van der Waals surface area (Å²) in [5, 5.41) is 56.9. The van der Waals surface area contributed by atoms with Crippen LogP contribution in [0.15, 0.2) is 122 Å². The van der Waals surface area contributed by atoms with Gasteiger partial charge in [-0.15, -0.1) is 0 Å². The summed E-state index contributed by atoms with van der Waals surface area (Å²) >= 11 is 0. The molecule has 0 aromatic heterocycles. The van der Waals surface area contributed by atoms with E-state index in [-0.39, 0.29) is 19.4 Å². The molecule has 1 aliphatic rings. The zero-order chi connectivity index (χ0) is 56.8. The van der Waals surface area contributed by atoms with Crippen LogP contribution in [0.5, 0.6) is 0 Å². The third-order valence-corrected chi connectivity index (χ3v) is 13.6. The summed E-state index contributed by atoms with van der Waals surface area (Å²) in [7, 11) is 0. The highest BCUT2D eigenvalue weighted by Crippen LogP contribution is 2.26. The first-order valence-corrected chi connectivity index (χ1v) is 30.8. The highest BCUT2D eigenvalue weighted by Gasteiger charge is 2.47. The quantitative estimate of drug-likeness (QED) is 0.0195. The minimum atomic E-state index is -1.64. The van der Waals surface area contributed by atoms with Gasteiger partial charge < -0.3 is 45.1 Å². The molecule has 1 saturated heterocycles.